The minimum Gasteiger partial charge on any atom is -0.399 e. The number of hydrogen-bond acceptors (Lipinski definition) is 4. The number of rotatable bonds is 3. The number of likely N-dealkylation sites (N-methyl/N-ethyl adjacent to an activating group) is 1. The van der Waals surface area contributed by atoms with E-state index < -0.39 is 0 Å². The average molecular weight is 445 g/mol. The molecule has 0 amide bonds. The van der Waals surface area contributed by atoms with Gasteiger partial charge in [-0.15, -0.1) is 24.8 Å². The molecule has 0 unspecified atom stereocenters. The lowest BCUT2D eigenvalue weighted by atomic mass is 10.0. The van der Waals surface area contributed by atoms with Gasteiger partial charge in [0.1, 0.15) is 0 Å². The van der Waals surface area contributed by atoms with E-state index in [2.05, 4.69) is 0 Å². The zero-order chi connectivity index (χ0) is 19.6. The second kappa shape index (κ2) is 7.80. The predicted molar refractivity (Wildman–Crippen MR) is 129 cm³/mol. The van der Waals surface area contributed by atoms with Crippen LogP contribution in [0.5, 0.6) is 0 Å². The van der Waals surface area contributed by atoms with Crippen molar-refractivity contribution < 1.29 is 0 Å². The minimum absolute atomic E-state index is 0. The molecule has 0 spiro atoms. The Morgan fingerprint density at radius 1 is 0.933 bits per heavy atom. The topological polar surface area (TPSA) is 72.7 Å². The van der Waals surface area contributed by atoms with Crippen molar-refractivity contribution in [2.75, 3.05) is 26.4 Å². The van der Waals surface area contributed by atoms with E-state index in [0.717, 1.165) is 27.1 Å². The maximum Gasteiger partial charge on any atom is 0.336 e. The summed E-state index contributed by atoms with van der Waals surface area (Å²) >= 11 is 0. The molecule has 0 atom stereocenters. The fourth-order valence-corrected chi connectivity index (χ4v) is 4.15. The Hall–Kier alpha value is -2.80. The Balaban J connectivity index is 0.00000128. The Morgan fingerprint density at radius 3 is 2.37 bits per heavy atom. The van der Waals surface area contributed by atoms with Crippen LogP contribution in [0.2, 0.25) is 0 Å². The Kier molecular flexibility index (Phi) is 5.69. The molecule has 0 fully saturated rings. The molecule has 5 rings (SSSR count). The van der Waals surface area contributed by atoms with E-state index in [9.17, 15) is 9.59 Å². The van der Waals surface area contributed by atoms with E-state index in [1.165, 1.54) is 4.57 Å². The van der Waals surface area contributed by atoms with Crippen LogP contribution in [0.15, 0.2) is 58.1 Å². The largest absolute Gasteiger partial charge is 0.399 e. The number of nitrogens with zero attached hydrogens (tertiary/aromatic N) is 3. The summed E-state index contributed by atoms with van der Waals surface area (Å²) in [6, 6.07) is 15.6. The number of fused-ring (bicyclic) bond motifs is 5. The van der Waals surface area contributed by atoms with E-state index in [1.54, 1.807) is 10.5 Å². The zero-order valence-corrected chi connectivity index (χ0v) is 18.2. The molecule has 0 bridgehead atoms. The molecule has 2 aromatic heterocycles. The molecule has 6 nitrogen and oxygen atoms in total. The van der Waals surface area contributed by atoms with Crippen molar-refractivity contribution in [3.8, 4) is 0 Å². The van der Waals surface area contributed by atoms with Gasteiger partial charge < -0.3 is 10.6 Å². The fourth-order valence-electron chi connectivity index (χ4n) is 4.15. The number of hydrogen-bond donors (Lipinski definition) is 1. The SMILES string of the molecule is CN(C)CCn1c(=O)c2cc(N)cc3c4c5ccccc5ccc4n(c1=O)c23.Cl.Cl. The summed E-state index contributed by atoms with van der Waals surface area (Å²) in [4.78, 5) is 28.4. The highest BCUT2D eigenvalue weighted by atomic mass is 35.5. The van der Waals surface area contributed by atoms with Gasteiger partial charge in [-0.25, -0.2) is 4.79 Å². The van der Waals surface area contributed by atoms with Crippen molar-refractivity contribution in [2.24, 2.45) is 0 Å². The van der Waals surface area contributed by atoms with Crippen molar-refractivity contribution in [2.45, 2.75) is 6.54 Å². The van der Waals surface area contributed by atoms with Crippen LogP contribution in [0.3, 0.4) is 0 Å². The maximum absolute atomic E-state index is 13.3. The van der Waals surface area contributed by atoms with Crippen LogP contribution in [0.4, 0.5) is 5.69 Å². The van der Waals surface area contributed by atoms with Crippen LogP contribution >= 0.6 is 24.8 Å². The summed E-state index contributed by atoms with van der Waals surface area (Å²) in [6.07, 6.45) is 0. The van der Waals surface area contributed by atoms with E-state index >= 15 is 0 Å². The lowest BCUT2D eigenvalue weighted by Gasteiger charge is -2.12. The average Bonchev–Trinajstić information content (AvgIpc) is 3.00. The van der Waals surface area contributed by atoms with Gasteiger partial charge >= 0.3 is 5.69 Å². The summed E-state index contributed by atoms with van der Waals surface area (Å²) < 4.78 is 2.98. The molecule has 8 heteroatoms. The number of benzene rings is 3. The van der Waals surface area contributed by atoms with E-state index in [4.69, 9.17) is 5.73 Å². The van der Waals surface area contributed by atoms with Gasteiger partial charge in [0.25, 0.3) is 5.56 Å². The number of aromatic nitrogens is 2. The van der Waals surface area contributed by atoms with Gasteiger partial charge in [-0.3, -0.25) is 13.8 Å². The van der Waals surface area contributed by atoms with Crippen LogP contribution in [-0.2, 0) is 6.54 Å². The van der Waals surface area contributed by atoms with Gasteiger partial charge in [0.2, 0.25) is 0 Å². The molecule has 3 aromatic carbocycles. The maximum atomic E-state index is 13.3. The van der Waals surface area contributed by atoms with Crippen molar-refractivity contribution in [3.05, 3.63) is 69.4 Å². The van der Waals surface area contributed by atoms with Crippen molar-refractivity contribution in [1.82, 2.24) is 13.9 Å². The van der Waals surface area contributed by atoms with E-state index in [-0.39, 0.29) is 36.1 Å². The lowest BCUT2D eigenvalue weighted by Crippen LogP contribution is -2.39. The first kappa shape index (κ1) is 21.9. The van der Waals surface area contributed by atoms with Gasteiger partial charge in [-0.1, -0.05) is 30.3 Å². The predicted octanol–water partition coefficient (Wildman–Crippen LogP) is 3.35. The molecule has 0 saturated carbocycles. The van der Waals surface area contributed by atoms with Crippen LogP contribution in [-0.4, -0.2) is 34.5 Å². The third-order valence-electron chi connectivity index (χ3n) is 5.44. The van der Waals surface area contributed by atoms with Gasteiger partial charge in [-0.2, -0.15) is 0 Å². The van der Waals surface area contributed by atoms with E-state index in [0.29, 0.717) is 29.7 Å². The third-order valence-corrected chi connectivity index (χ3v) is 5.44. The monoisotopic (exact) mass is 444 g/mol. The molecule has 156 valence electrons. The highest BCUT2D eigenvalue weighted by Gasteiger charge is 2.20. The van der Waals surface area contributed by atoms with E-state index in [1.807, 2.05) is 61.5 Å². The summed E-state index contributed by atoms with van der Waals surface area (Å²) in [5, 5.41) is 4.41. The Labute approximate surface area is 184 Å². The molecular weight excluding hydrogens is 423 g/mol. The molecule has 0 aliphatic heterocycles. The summed E-state index contributed by atoms with van der Waals surface area (Å²) in [5.74, 6) is 0. The Morgan fingerprint density at radius 2 is 1.63 bits per heavy atom. The molecule has 0 aliphatic carbocycles. The van der Waals surface area contributed by atoms with Gasteiger partial charge in [0.15, 0.2) is 0 Å². The zero-order valence-electron chi connectivity index (χ0n) is 16.6. The summed E-state index contributed by atoms with van der Waals surface area (Å²) in [7, 11) is 3.83. The smallest absolute Gasteiger partial charge is 0.336 e. The molecule has 2 heterocycles. The van der Waals surface area contributed by atoms with Crippen LogP contribution in [0.1, 0.15) is 0 Å². The quantitative estimate of drug-likeness (QED) is 0.433. The lowest BCUT2D eigenvalue weighted by molar-refractivity contribution is 0.376. The summed E-state index contributed by atoms with van der Waals surface area (Å²) in [6.45, 7) is 0.925. The van der Waals surface area contributed by atoms with Crippen molar-refractivity contribution in [1.29, 1.82) is 0 Å². The van der Waals surface area contributed by atoms with Crippen LogP contribution in [0.25, 0.3) is 38.0 Å². The number of nitrogen functional groups attached to an aromatic ring is 1. The first-order valence-electron chi connectivity index (χ1n) is 9.23. The normalized spacial score (nSPS) is 11.4. The van der Waals surface area contributed by atoms with Crippen LogP contribution in [0, 0.1) is 0 Å². The third kappa shape index (κ3) is 2.99. The molecule has 5 aromatic rings. The van der Waals surface area contributed by atoms with Gasteiger partial charge in [0.05, 0.1) is 16.4 Å². The molecule has 0 aliphatic rings. The standard InChI is InChI=1S/C22H20N4O2.2ClH/c1-24(2)9-10-25-21(27)17-12-14(23)11-16-19-15-6-4-3-5-13(15)7-8-18(19)26(20(16)17)22(25)28;;/h3-8,11-12H,9-10,23H2,1-2H3;2*1H. The highest BCUT2D eigenvalue weighted by molar-refractivity contribution is 6.23. The first-order valence-corrected chi connectivity index (χ1v) is 9.23. The molecule has 0 saturated heterocycles. The van der Waals surface area contributed by atoms with Gasteiger partial charge in [-0.05, 0) is 43.1 Å². The highest BCUT2D eigenvalue weighted by Crippen LogP contribution is 2.35. The number of halogens is 2. The molecular formula is C22H22Cl2N4O2. The van der Waals surface area contributed by atoms with Crippen molar-refractivity contribution >= 4 is 68.5 Å². The Bertz CT molecular complexity index is 1510. The summed E-state index contributed by atoms with van der Waals surface area (Å²) in [5.41, 5.74) is 7.53. The second-order valence-corrected chi connectivity index (χ2v) is 7.52. The van der Waals surface area contributed by atoms with Gasteiger partial charge in [0, 0.05) is 29.5 Å². The minimum atomic E-state index is -0.306. The number of nitrogens with two attached hydrogens (primary N) is 1. The first-order chi connectivity index (χ1) is 13.5. The van der Waals surface area contributed by atoms with Crippen LogP contribution < -0.4 is 17.0 Å². The number of anilines is 1. The molecule has 2 N–H and O–H groups in total. The molecule has 0 radical (unpaired) electrons. The second-order valence-electron chi connectivity index (χ2n) is 7.52. The van der Waals surface area contributed by atoms with Crippen molar-refractivity contribution in [3.63, 3.8) is 0 Å². The molecule has 30 heavy (non-hydrogen) atoms. The fraction of sp³-hybridized carbons (Fsp3) is 0.182.